The summed E-state index contributed by atoms with van der Waals surface area (Å²) in [7, 11) is -1.60. The molecular weight excluding hydrogens is 374 g/mol. The van der Waals surface area contributed by atoms with E-state index in [0.717, 1.165) is 27.7 Å². The average Bonchev–Trinajstić information content (AvgIpc) is 3.20. The van der Waals surface area contributed by atoms with E-state index in [0.29, 0.717) is 10.8 Å². The van der Waals surface area contributed by atoms with E-state index in [1.54, 1.807) is 17.4 Å². The Bertz CT molecular complexity index is 898. The smallest absolute Gasteiger partial charge is 0.250 e. The number of nitrogens with one attached hydrogen (secondary N) is 1. The highest BCUT2D eigenvalue weighted by Crippen LogP contribution is 2.25. The number of imidazole rings is 1. The molecular formula is C14H14ClN3O2S3. The van der Waals surface area contributed by atoms with Crippen LogP contribution >= 0.6 is 34.3 Å². The first-order valence-electron chi connectivity index (χ1n) is 6.77. The second-order valence-corrected chi connectivity index (χ2v) is 9.49. The number of hydrogen-bond donors (Lipinski definition) is 1. The van der Waals surface area contributed by atoms with Crippen LogP contribution in [0.5, 0.6) is 0 Å². The summed E-state index contributed by atoms with van der Waals surface area (Å²) in [4.78, 5) is 5.67. The van der Waals surface area contributed by atoms with Gasteiger partial charge in [-0.2, -0.15) is 0 Å². The molecule has 0 radical (unpaired) electrons. The van der Waals surface area contributed by atoms with Gasteiger partial charge in [0.2, 0.25) is 10.0 Å². The van der Waals surface area contributed by atoms with Gasteiger partial charge in [-0.25, -0.2) is 18.1 Å². The van der Waals surface area contributed by atoms with Crippen molar-refractivity contribution in [3.05, 3.63) is 46.0 Å². The third kappa shape index (κ3) is 3.84. The lowest BCUT2D eigenvalue weighted by Crippen LogP contribution is -2.25. The first-order chi connectivity index (χ1) is 11.0. The van der Waals surface area contributed by atoms with E-state index in [2.05, 4.69) is 9.71 Å². The molecule has 0 aliphatic carbocycles. The molecule has 0 spiro atoms. The van der Waals surface area contributed by atoms with Crippen LogP contribution < -0.4 is 4.72 Å². The van der Waals surface area contributed by atoms with Gasteiger partial charge in [-0.05, 0) is 23.6 Å². The maximum Gasteiger partial charge on any atom is 0.250 e. The number of aryl methyl sites for hydroxylation is 1. The summed E-state index contributed by atoms with van der Waals surface area (Å²) >= 11 is 8.45. The van der Waals surface area contributed by atoms with Crippen LogP contribution in [-0.2, 0) is 23.5 Å². The molecule has 0 aliphatic rings. The van der Waals surface area contributed by atoms with Crippen LogP contribution in [-0.4, -0.2) is 24.5 Å². The van der Waals surface area contributed by atoms with E-state index in [-0.39, 0.29) is 10.8 Å². The first-order valence-corrected chi connectivity index (χ1v) is 10.3. The molecule has 122 valence electrons. The first kappa shape index (κ1) is 16.7. The molecule has 3 heterocycles. The van der Waals surface area contributed by atoms with Gasteiger partial charge in [0.15, 0.2) is 0 Å². The number of thiophene rings is 2. The number of nitrogens with zero attached hydrogens (tertiary/aromatic N) is 2. The normalized spacial score (nSPS) is 11.9. The predicted octanol–water partition coefficient (Wildman–Crippen LogP) is 3.38. The van der Waals surface area contributed by atoms with Crippen molar-refractivity contribution in [3.8, 4) is 10.6 Å². The minimum atomic E-state index is -3.51. The number of rotatable bonds is 6. The van der Waals surface area contributed by atoms with Gasteiger partial charge < -0.3 is 4.57 Å². The summed E-state index contributed by atoms with van der Waals surface area (Å²) in [5.74, 6) is 0.834. The number of hydrogen-bond acceptors (Lipinski definition) is 5. The van der Waals surface area contributed by atoms with Crippen molar-refractivity contribution >= 4 is 44.3 Å². The highest BCUT2D eigenvalue weighted by atomic mass is 35.5. The van der Waals surface area contributed by atoms with E-state index >= 15 is 0 Å². The van der Waals surface area contributed by atoms with Gasteiger partial charge in [-0.15, -0.1) is 22.7 Å². The standard InChI is InChI=1S/C14H14ClN3O2S3/c1-18-9-10(11-3-2-8-21-11)17-13(18)6-7-16-23(19,20)14-5-4-12(15)22-14/h2-5,8-9,16H,6-7H2,1H3. The Labute approximate surface area is 147 Å². The molecule has 0 aliphatic heterocycles. The van der Waals surface area contributed by atoms with E-state index < -0.39 is 10.0 Å². The molecule has 0 atom stereocenters. The summed E-state index contributed by atoms with van der Waals surface area (Å²) in [6.45, 7) is 0.284. The van der Waals surface area contributed by atoms with Crippen molar-refractivity contribution in [1.29, 1.82) is 0 Å². The zero-order valence-electron chi connectivity index (χ0n) is 12.2. The molecule has 3 rings (SSSR count). The van der Waals surface area contributed by atoms with Gasteiger partial charge in [0.05, 0.1) is 14.9 Å². The van der Waals surface area contributed by atoms with Crippen molar-refractivity contribution < 1.29 is 8.42 Å². The third-order valence-electron chi connectivity index (χ3n) is 3.20. The molecule has 5 nitrogen and oxygen atoms in total. The fourth-order valence-electron chi connectivity index (χ4n) is 2.09. The van der Waals surface area contributed by atoms with Crippen molar-refractivity contribution in [1.82, 2.24) is 14.3 Å². The summed E-state index contributed by atoms with van der Waals surface area (Å²) in [6.07, 6.45) is 2.47. The van der Waals surface area contributed by atoms with E-state index in [1.807, 2.05) is 35.3 Å². The minimum absolute atomic E-state index is 0.224. The molecule has 0 unspecified atom stereocenters. The topological polar surface area (TPSA) is 64.0 Å². The van der Waals surface area contributed by atoms with Crippen LogP contribution in [0.2, 0.25) is 4.34 Å². The Kier molecular flexibility index (Phi) is 4.88. The monoisotopic (exact) mass is 387 g/mol. The van der Waals surface area contributed by atoms with Gasteiger partial charge in [0, 0.05) is 26.2 Å². The molecule has 0 aromatic carbocycles. The molecule has 0 saturated carbocycles. The van der Waals surface area contributed by atoms with Crippen molar-refractivity contribution in [3.63, 3.8) is 0 Å². The van der Waals surface area contributed by atoms with E-state index in [4.69, 9.17) is 11.6 Å². The Morgan fingerprint density at radius 2 is 2.17 bits per heavy atom. The van der Waals surface area contributed by atoms with Crippen molar-refractivity contribution in [2.75, 3.05) is 6.54 Å². The third-order valence-corrected chi connectivity index (χ3v) is 7.28. The largest absolute Gasteiger partial charge is 0.337 e. The SMILES string of the molecule is Cn1cc(-c2cccs2)nc1CCNS(=O)(=O)c1ccc(Cl)s1. The molecule has 0 saturated heterocycles. The second kappa shape index (κ2) is 6.74. The molecule has 3 aromatic heterocycles. The fourth-order valence-corrected chi connectivity index (χ4v) is 5.33. The van der Waals surface area contributed by atoms with Gasteiger partial charge in [0.1, 0.15) is 10.0 Å². The van der Waals surface area contributed by atoms with E-state index in [1.165, 1.54) is 6.07 Å². The van der Waals surface area contributed by atoms with Gasteiger partial charge in [0.25, 0.3) is 0 Å². The van der Waals surface area contributed by atoms with Crippen LogP contribution in [0.1, 0.15) is 5.82 Å². The second-order valence-electron chi connectivity index (χ2n) is 4.84. The van der Waals surface area contributed by atoms with Crippen LogP contribution in [0.25, 0.3) is 10.6 Å². The van der Waals surface area contributed by atoms with Crippen LogP contribution in [0, 0.1) is 0 Å². The molecule has 1 N–H and O–H groups in total. The zero-order valence-corrected chi connectivity index (χ0v) is 15.4. The van der Waals surface area contributed by atoms with Crippen molar-refractivity contribution in [2.24, 2.45) is 7.05 Å². The predicted molar refractivity (Wildman–Crippen MR) is 94.7 cm³/mol. The Balaban J connectivity index is 1.65. The van der Waals surface area contributed by atoms with Crippen molar-refractivity contribution in [2.45, 2.75) is 10.6 Å². The maximum absolute atomic E-state index is 12.1. The molecule has 9 heteroatoms. The van der Waals surface area contributed by atoms with Gasteiger partial charge >= 0.3 is 0 Å². The minimum Gasteiger partial charge on any atom is -0.337 e. The Morgan fingerprint density at radius 3 is 2.83 bits per heavy atom. The summed E-state index contributed by atoms with van der Waals surface area (Å²) < 4.78 is 29.4. The average molecular weight is 388 g/mol. The molecule has 0 amide bonds. The Hall–Kier alpha value is -1.19. The Morgan fingerprint density at radius 1 is 1.35 bits per heavy atom. The molecule has 23 heavy (non-hydrogen) atoms. The van der Waals surface area contributed by atoms with Gasteiger partial charge in [-0.3, -0.25) is 0 Å². The zero-order chi connectivity index (χ0) is 16.4. The number of aromatic nitrogens is 2. The summed E-state index contributed by atoms with van der Waals surface area (Å²) in [5, 5.41) is 2.00. The lowest BCUT2D eigenvalue weighted by Gasteiger charge is -2.04. The quantitative estimate of drug-likeness (QED) is 0.705. The van der Waals surface area contributed by atoms with Crippen LogP contribution in [0.4, 0.5) is 0 Å². The number of sulfonamides is 1. The summed E-state index contributed by atoms with van der Waals surface area (Å²) in [6, 6.07) is 7.08. The summed E-state index contributed by atoms with van der Waals surface area (Å²) in [5.41, 5.74) is 0.908. The molecule has 3 aromatic rings. The molecule has 0 fully saturated rings. The van der Waals surface area contributed by atoms with Crippen LogP contribution in [0.3, 0.4) is 0 Å². The lowest BCUT2D eigenvalue weighted by atomic mass is 10.4. The highest BCUT2D eigenvalue weighted by Gasteiger charge is 2.16. The number of halogens is 1. The fraction of sp³-hybridized carbons (Fsp3) is 0.214. The maximum atomic E-state index is 12.1. The van der Waals surface area contributed by atoms with E-state index in [9.17, 15) is 8.42 Å². The molecule has 0 bridgehead atoms. The van der Waals surface area contributed by atoms with Crippen LogP contribution in [0.15, 0.2) is 40.1 Å². The van der Waals surface area contributed by atoms with Gasteiger partial charge in [-0.1, -0.05) is 17.7 Å². The highest BCUT2D eigenvalue weighted by molar-refractivity contribution is 7.91. The lowest BCUT2D eigenvalue weighted by molar-refractivity contribution is 0.582.